The lowest BCUT2D eigenvalue weighted by atomic mass is 10.0. The van der Waals surface area contributed by atoms with Gasteiger partial charge in [0.25, 0.3) is 0 Å². The van der Waals surface area contributed by atoms with Crippen LogP contribution in [0, 0.1) is 5.41 Å². The van der Waals surface area contributed by atoms with E-state index in [0.29, 0.717) is 5.56 Å². The zero-order chi connectivity index (χ0) is 12.4. The largest absolute Gasteiger partial charge is 0.616 e. The van der Waals surface area contributed by atoms with Crippen molar-refractivity contribution >= 4 is 27.7 Å². The number of hydrogen-bond acceptors (Lipinski definition) is 3. The molecule has 2 rings (SSSR count). The molecule has 0 amide bonds. The van der Waals surface area contributed by atoms with E-state index < -0.39 is 11.2 Å². The highest BCUT2D eigenvalue weighted by molar-refractivity contribution is 7.91. The second-order valence-corrected chi connectivity index (χ2v) is 5.35. The number of phenolic OH excluding ortho intramolecular Hbond substituents is 1. The van der Waals surface area contributed by atoms with E-state index in [9.17, 15) is 9.66 Å². The van der Waals surface area contributed by atoms with Gasteiger partial charge < -0.3 is 9.66 Å². The Bertz CT molecular complexity index is 566. The van der Waals surface area contributed by atoms with Crippen LogP contribution in [0.1, 0.15) is 5.56 Å². The Morgan fingerprint density at radius 1 is 1.29 bits per heavy atom. The van der Waals surface area contributed by atoms with Gasteiger partial charge >= 0.3 is 0 Å². The Morgan fingerprint density at radius 3 is 2.47 bits per heavy atom. The van der Waals surface area contributed by atoms with Crippen molar-refractivity contribution in [1.82, 2.24) is 0 Å². The smallest absolute Gasteiger partial charge is 0.147 e. The molecule has 3 nitrogen and oxygen atoms in total. The van der Waals surface area contributed by atoms with Crippen molar-refractivity contribution in [2.45, 2.75) is 0 Å². The highest BCUT2D eigenvalue weighted by atomic mass is 32.2. The second-order valence-electron chi connectivity index (χ2n) is 3.91. The minimum absolute atomic E-state index is 0.0687. The number of nitrogens with one attached hydrogen (secondary N) is 1. The van der Waals surface area contributed by atoms with Crippen LogP contribution >= 0.6 is 0 Å². The summed E-state index contributed by atoms with van der Waals surface area (Å²) in [6, 6.07) is 11.0. The van der Waals surface area contributed by atoms with E-state index in [1.165, 1.54) is 0 Å². The van der Waals surface area contributed by atoms with Crippen LogP contribution in [0.25, 0.3) is 10.8 Å². The van der Waals surface area contributed by atoms with Crippen molar-refractivity contribution < 1.29 is 9.66 Å². The van der Waals surface area contributed by atoms with Gasteiger partial charge in [-0.2, -0.15) is 0 Å². The fraction of sp³-hybridized carbons (Fsp3) is 0.154. The minimum Gasteiger partial charge on any atom is -0.616 e. The molecule has 88 valence electrons. The molecule has 0 heterocycles. The molecule has 0 radical (unpaired) electrons. The molecule has 4 heteroatoms. The van der Waals surface area contributed by atoms with Crippen molar-refractivity contribution in [1.29, 1.82) is 5.41 Å². The van der Waals surface area contributed by atoms with Crippen LogP contribution in [0.15, 0.2) is 36.4 Å². The molecule has 2 aromatic carbocycles. The lowest BCUT2D eigenvalue weighted by Crippen LogP contribution is -2.14. The molecular weight excluding hydrogens is 234 g/mol. The Labute approximate surface area is 103 Å². The summed E-state index contributed by atoms with van der Waals surface area (Å²) in [5, 5.41) is 19.6. The molecule has 0 aromatic heterocycles. The van der Waals surface area contributed by atoms with E-state index in [0.717, 1.165) is 10.8 Å². The Kier molecular flexibility index (Phi) is 3.36. The molecule has 0 saturated carbocycles. The quantitative estimate of drug-likeness (QED) is 0.645. The van der Waals surface area contributed by atoms with Crippen LogP contribution in [0.5, 0.6) is 5.75 Å². The van der Waals surface area contributed by atoms with Gasteiger partial charge in [0, 0.05) is 5.56 Å². The Balaban J connectivity index is 2.47. The van der Waals surface area contributed by atoms with Crippen LogP contribution in [-0.2, 0) is 11.2 Å². The number of phenols is 1. The highest BCUT2D eigenvalue weighted by Crippen LogP contribution is 2.25. The Hall–Kier alpha value is -1.52. The van der Waals surface area contributed by atoms with Gasteiger partial charge in [-0.3, -0.25) is 5.41 Å². The average Bonchev–Trinajstić information content (AvgIpc) is 2.27. The van der Waals surface area contributed by atoms with Gasteiger partial charge in [0.1, 0.15) is 11.5 Å². The summed E-state index contributed by atoms with van der Waals surface area (Å²) >= 11 is -1.07. The predicted octanol–water partition coefficient (Wildman–Crippen LogP) is 2.29. The second kappa shape index (κ2) is 4.77. The third kappa shape index (κ3) is 2.60. The molecule has 0 saturated heterocycles. The summed E-state index contributed by atoms with van der Waals surface area (Å²) < 4.78 is 11.1. The first kappa shape index (κ1) is 12.0. The van der Waals surface area contributed by atoms with Crippen LogP contribution < -0.4 is 0 Å². The van der Waals surface area contributed by atoms with Crippen molar-refractivity contribution in [2.75, 3.05) is 12.0 Å². The van der Waals surface area contributed by atoms with E-state index >= 15 is 0 Å². The molecule has 1 atom stereocenters. The van der Waals surface area contributed by atoms with Crippen LogP contribution in [0.3, 0.4) is 0 Å². The predicted molar refractivity (Wildman–Crippen MR) is 71.4 cm³/mol. The van der Waals surface area contributed by atoms with E-state index in [-0.39, 0.29) is 17.2 Å². The topological polar surface area (TPSA) is 67.1 Å². The first-order valence-electron chi connectivity index (χ1n) is 5.17. The zero-order valence-corrected chi connectivity index (χ0v) is 10.3. The first-order chi connectivity index (χ1) is 8.08. The van der Waals surface area contributed by atoms with E-state index in [1.54, 1.807) is 18.4 Å². The molecule has 0 bridgehead atoms. The van der Waals surface area contributed by atoms with Crippen LogP contribution in [0.4, 0.5) is 0 Å². The summed E-state index contributed by atoms with van der Waals surface area (Å²) in [7, 11) is 0. The summed E-state index contributed by atoms with van der Waals surface area (Å²) in [6.45, 7) is 0. The first-order valence-corrected chi connectivity index (χ1v) is 6.90. The van der Waals surface area contributed by atoms with E-state index in [1.807, 2.05) is 24.3 Å². The molecule has 0 aliphatic carbocycles. The van der Waals surface area contributed by atoms with Gasteiger partial charge in [-0.25, -0.2) is 0 Å². The van der Waals surface area contributed by atoms with Crippen LogP contribution in [-0.4, -0.2) is 27.4 Å². The van der Waals surface area contributed by atoms with Crippen molar-refractivity contribution in [3.05, 3.63) is 42.0 Å². The highest BCUT2D eigenvalue weighted by Gasteiger charge is 2.12. The standard InChI is InChI=1S/C13H13NO2S/c1-17(16)8-12(14)11-6-9-4-2-3-5-10(9)7-13(11)15/h2-7,14-15H,8H2,1H3. The van der Waals surface area contributed by atoms with Crippen LogP contribution in [0.2, 0.25) is 0 Å². The SMILES string of the molecule is C[S+]([O-])CC(=N)c1cc2ccccc2cc1O. The van der Waals surface area contributed by atoms with Gasteiger partial charge in [0.05, 0.1) is 12.0 Å². The van der Waals surface area contributed by atoms with E-state index in [4.69, 9.17) is 5.41 Å². The number of hydrogen-bond donors (Lipinski definition) is 2. The molecule has 0 fully saturated rings. The number of aromatic hydroxyl groups is 1. The zero-order valence-electron chi connectivity index (χ0n) is 9.43. The maximum atomic E-state index is 11.1. The Morgan fingerprint density at radius 2 is 1.88 bits per heavy atom. The van der Waals surface area contributed by atoms with Crippen molar-refractivity contribution in [2.24, 2.45) is 0 Å². The fourth-order valence-corrected chi connectivity index (χ4v) is 2.31. The summed E-state index contributed by atoms with van der Waals surface area (Å²) in [4.78, 5) is 0. The molecule has 0 aliphatic rings. The van der Waals surface area contributed by atoms with Gasteiger partial charge in [0.2, 0.25) is 0 Å². The maximum absolute atomic E-state index is 11.1. The molecular formula is C13H13NO2S. The minimum atomic E-state index is -1.07. The number of rotatable bonds is 3. The number of benzene rings is 2. The molecule has 2 N–H and O–H groups in total. The molecule has 17 heavy (non-hydrogen) atoms. The maximum Gasteiger partial charge on any atom is 0.147 e. The molecule has 0 aliphatic heterocycles. The summed E-state index contributed by atoms with van der Waals surface area (Å²) in [5.41, 5.74) is 0.660. The van der Waals surface area contributed by atoms with Crippen molar-refractivity contribution in [3.8, 4) is 5.75 Å². The van der Waals surface area contributed by atoms with Gasteiger partial charge in [-0.1, -0.05) is 35.4 Å². The lowest BCUT2D eigenvalue weighted by molar-refractivity contribution is 0.475. The normalized spacial score (nSPS) is 12.6. The lowest BCUT2D eigenvalue weighted by Gasteiger charge is -2.09. The fourth-order valence-electron chi connectivity index (χ4n) is 1.75. The monoisotopic (exact) mass is 247 g/mol. The summed E-state index contributed by atoms with van der Waals surface area (Å²) in [5.74, 6) is 0.227. The molecule has 2 aromatic rings. The third-order valence-electron chi connectivity index (χ3n) is 2.54. The molecule has 1 unspecified atom stereocenters. The molecule has 0 spiro atoms. The van der Waals surface area contributed by atoms with Gasteiger partial charge in [-0.15, -0.1) is 0 Å². The third-order valence-corrected chi connectivity index (χ3v) is 3.23. The van der Waals surface area contributed by atoms with Gasteiger partial charge in [-0.05, 0) is 22.9 Å². The number of fused-ring (bicyclic) bond motifs is 1. The summed E-state index contributed by atoms with van der Waals surface area (Å²) in [6.07, 6.45) is 1.55. The van der Waals surface area contributed by atoms with Gasteiger partial charge in [0.15, 0.2) is 0 Å². The average molecular weight is 247 g/mol. The van der Waals surface area contributed by atoms with Crippen molar-refractivity contribution in [3.63, 3.8) is 0 Å². The van der Waals surface area contributed by atoms with E-state index in [2.05, 4.69) is 0 Å².